The van der Waals surface area contributed by atoms with Gasteiger partial charge < -0.3 is 24.8 Å². The number of aryl methyl sites for hydroxylation is 1. The van der Waals surface area contributed by atoms with Gasteiger partial charge in [-0.25, -0.2) is 4.98 Å². The summed E-state index contributed by atoms with van der Waals surface area (Å²) in [6.07, 6.45) is 9.56. The number of nitrogens with zero attached hydrogens (tertiary/aromatic N) is 3. The number of likely N-dealkylation sites (N-methyl/N-ethyl adjacent to an activating group) is 1. The molecule has 0 saturated heterocycles. The van der Waals surface area contributed by atoms with Crippen molar-refractivity contribution in [2.24, 2.45) is 11.8 Å². The lowest BCUT2D eigenvalue weighted by Gasteiger charge is -2.49. The summed E-state index contributed by atoms with van der Waals surface area (Å²) in [5.41, 5.74) is 3.99. The summed E-state index contributed by atoms with van der Waals surface area (Å²) in [5.74, 6) is 3.44. The second-order valence-electron chi connectivity index (χ2n) is 11.7. The number of hydrogen-bond donors (Lipinski definition) is 2. The molecule has 0 bridgehead atoms. The van der Waals surface area contributed by atoms with Crippen molar-refractivity contribution < 1.29 is 9.30 Å². The Bertz CT molecular complexity index is 1410. The summed E-state index contributed by atoms with van der Waals surface area (Å²) in [7, 11) is 1.47. The Morgan fingerprint density at radius 3 is 2.52 bits per heavy atom. The van der Waals surface area contributed by atoms with Crippen molar-refractivity contribution in [1.29, 1.82) is 0 Å². The molecule has 0 spiro atoms. The van der Waals surface area contributed by atoms with Gasteiger partial charge >= 0.3 is 0 Å². The molecule has 2 aromatic carbocycles. The largest absolute Gasteiger partial charge is 0.495 e. The predicted molar refractivity (Wildman–Crippen MR) is 167 cm³/mol. The number of methoxy groups -OCH3 is 1. The molecule has 2 aliphatic rings. The van der Waals surface area contributed by atoms with Crippen LogP contribution in [0, 0.1) is 18.8 Å². The first-order valence-electron chi connectivity index (χ1n) is 14.2. The van der Waals surface area contributed by atoms with Crippen LogP contribution in [0.2, 0.25) is 5.02 Å². The van der Waals surface area contributed by atoms with Crippen molar-refractivity contribution in [2.45, 2.75) is 51.5 Å². The van der Waals surface area contributed by atoms with Crippen LogP contribution >= 0.6 is 18.7 Å². The lowest BCUT2D eigenvalue weighted by Crippen LogP contribution is -2.50. The highest BCUT2D eigenvalue weighted by Gasteiger charge is 2.40. The molecule has 2 saturated carbocycles. The van der Waals surface area contributed by atoms with Crippen molar-refractivity contribution in [3.05, 3.63) is 58.7 Å². The summed E-state index contributed by atoms with van der Waals surface area (Å²) >= 11 is 6.44. The first kappa shape index (κ1) is 28.9. The number of nitrogens with one attached hydrogen (secondary N) is 2. The normalized spacial score (nSPS) is 19.2. The number of halogens is 1. The van der Waals surface area contributed by atoms with E-state index < -0.39 is 7.14 Å². The second kappa shape index (κ2) is 12.1. The van der Waals surface area contributed by atoms with Crippen molar-refractivity contribution >= 4 is 47.2 Å². The van der Waals surface area contributed by atoms with Gasteiger partial charge in [0.05, 0.1) is 24.7 Å². The van der Waals surface area contributed by atoms with Gasteiger partial charge in [-0.2, -0.15) is 4.98 Å². The number of anilines is 4. The predicted octanol–water partition coefficient (Wildman–Crippen LogP) is 7.24. The summed E-state index contributed by atoms with van der Waals surface area (Å²) < 4.78 is 18.6. The van der Waals surface area contributed by atoms with Crippen LogP contribution in [0.1, 0.15) is 43.2 Å². The topological polar surface area (TPSA) is 79.4 Å². The number of para-hydroxylation sites is 1. The molecule has 5 rings (SSSR count). The lowest BCUT2D eigenvalue weighted by molar-refractivity contribution is 0.0149. The molecule has 3 aromatic rings. The van der Waals surface area contributed by atoms with Crippen LogP contribution in [0.3, 0.4) is 0 Å². The number of rotatable bonds is 11. The number of aromatic nitrogens is 2. The van der Waals surface area contributed by atoms with E-state index in [0.717, 1.165) is 47.6 Å². The third kappa shape index (κ3) is 6.32. The van der Waals surface area contributed by atoms with E-state index in [9.17, 15) is 4.57 Å². The fourth-order valence-electron chi connectivity index (χ4n) is 6.01. The van der Waals surface area contributed by atoms with Gasteiger partial charge in [0.2, 0.25) is 5.95 Å². The van der Waals surface area contributed by atoms with Crippen molar-refractivity contribution in [3.8, 4) is 5.75 Å². The smallest absolute Gasteiger partial charge is 0.229 e. The molecule has 2 fully saturated rings. The van der Waals surface area contributed by atoms with Crippen LogP contribution in [0.25, 0.3) is 0 Å². The number of benzene rings is 2. The van der Waals surface area contributed by atoms with Crippen molar-refractivity contribution in [2.75, 3.05) is 44.7 Å². The molecule has 2 atom stereocenters. The maximum absolute atomic E-state index is 12.8. The SMILES string of the molecule is COc1cc(CCN(C)C2CCC2C2CCC2)c(C)cc1Nc1ncc(Cl)c(Nc2ccccc2P(C)(C)=O)n1. The van der Waals surface area contributed by atoms with Crippen LogP contribution in [0.4, 0.5) is 23.1 Å². The van der Waals surface area contributed by atoms with Gasteiger partial charge in [0.1, 0.15) is 17.9 Å². The molecule has 1 heterocycles. The fourth-order valence-corrected chi connectivity index (χ4v) is 7.31. The van der Waals surface area contributed by atoms with Crippen LogP contribution in [0.5, 0.6) is 5.75 Å². The third-order valence-electron chi connectivity index (χ3n) is 8.73. The van der Waals surface area contributed by atoms with Gasteiger partial charge in [-0.15, -0.1) is 0 Å². The summed E-state index contributed by atoms with van der Waals surface area (Å²) in [4.78, 5) is 11.6. The summed E-state index contributed by atoms with van der Waals surface area (Å²) in [6.45, 7) is 6.68. The van der Waals surface area contributed by atoms with Crippen LogP contribution in [0.15, 0.2) is 42.6 Å². The van der Waals surface area contributed by atoms with Gasteiger partial charge in [0.15, 0.2) is 5.82 Å². The second-order valence-corrected chi connectivity index (χ2v) is 15.3. The van der Waals surface area contributed by atoms with E-state index in [1.165, 1.54) is 43.2 Å². The molecule has 0 amide bonds. The lowest BCUT2D eigenvalue weighted by atomic mass is 9.63. The molecule has 2 N–H and O–H groups in total. The molecule has 2 unspecified atom stereocenters. The highest BCUT2D eigenvalue weighted by molar-refractivity contribution is 7.70. The molecule has 0 aliphatic heterocycles. The maximum atomic E-state index is 12.8. The highest BCUT2D eigenvalue weighted by Crippen LogP contribution is 2.46. The highest BCUT2D eigenvalue weighted by atomic mass is 35.5. The zero-order chi connectivity index (χ0) is 28.4. The molecule has 1 aromatic heterocycles. The van der Waals surface area contributed by atoms with E-state index in [0.29, 0.717) is 22.5 Å². The molecular formula is C31H41ClN5O2P. The van der Waals surface area contributed by atoms with Gasteiger partial charge in [0.25, 0.3) is 0 Å². The number of hydrogen-bond acceptors (Lipinski definition) is 7. The van der Waals surface area contributed by atoms with Crippen LogP contribution in [-0.4, -0.2) is 54.9 Å². The average Bonchev–Trinajstić information content (AvgIpc) is 2.86. The Morgan fingerprint density at radius 2 is 1.88 bits per heavy atom. The van der Waals surface area contributed by atoms with E-state index in [1.807, 2.05) is 24.3 Å². The molecule has 0 radical (unpaired) electrons. The zero-order valence-electron chi connectivity index (χ0n) is 24.2. The van der Waals surface area contributed by atoms with Crippen molar-refractivity contribution in [3.63, 3.8) is 0 Å². The van der Waals surface area contributed by atoms with E-state index in [-0.39, 0.29) is 0 Å². The third-order valence-corrected chi connectivity index (χ3v) is 10.6. The van der Waals surface area contributed by atoms with Gasteiger partial charge in [-0.1, -0.05) is 43.0 Å². The first-order valence-corrected chi connectivity index (χ1v) is 17.2. The Morgan fingerprint density at radius 1 is 1.10 bits per heavy atom. The molecule has 40 heavy (non-hydrogen) atoms. The molecule has 7 nitrogen and oxygen atoms in total. The average molecular weight is 582 g/mol. The Labute approximate surface area is 243 Å². The minimum Gasteiger partial charge on any atom is -0.495 e. The standard InChI is InChI=1S/C31H41ClN5O2P/c1-20-17-26(28(39-3)18-22(20)15-16-37(2)27-14-13-23(27)21-9-8-10-21)35-31-33-19-24(32)30(36-31)34-25-11-6-7-12-29(25)40(4,5)38/h6-7,11-12,17-19,21,23,27H,8-10,13-16H2,1-5H3,(H2,33,34,35,36). The van der Waals surface area contributed by atoms with E-state index in [2.05, 4.69) is 51.6 Å². The maximum Gasteiger partial charge on any atom is 0.229 e. The van der Waals surface area contributed by atoms with Gasteiger partial charge in [-0.05, 0) is 93.8 Å². The van der Waals surface area contributed by atoms with E-state index in [4.69, 9.17) is 16.3 Å². The minimum atomic E-state index is -2.50. The molecular weight excluding hydrogens is 541 g/mol. The quantitative estimate of drug-likeness (QED) is 0.231. The van der Waals surface area contributed by atoms with Crippen LogP contribution < -0.4 is 20.7 Å². The summed E-state index contributed by atoms with van der Waals surface area (Å²) in [6, 6.07) is 12.5. The Hall–Kier alpha value is -2.60. The van der Waals surface area contributed by atoms with Gasteiger partial charge in [-0.3, -0.25) is 0 Å². The monoisotopic (exact) mass is 581 g/mol. The van der Waals surface area contributed by atoms with Gasteiger partial charge in [0, 0.05) is 17.9 Å². The Balaban J connectivity index is 1.29. The Kier molecular flexibility index (Phi) is 8.75. The van der Waals surface area contributed by atoms with E-state index >= 15 is 0 Å². The molecule has 214 valence electrons. The summed E-state index contributed by atoms with van der Waals surface area (Å²) in [5, 5.41) is 7.68. The fraction of sp³-hybridized carbons (Fsp3) is 0.484. The first-order chi connectivity index (χ1) is 19.1. The molecule has 9 heteroatoms. The number of ether oxygens (including phenoxy) is 1. The minimum absolute atomic E-state index is 0.371. The zero-order valence-corrected chi connectivity index (χ0v) is 25.9. The van der Waals surface area contributed by atoms with Crippen molar-refractivity contribution in [1.82, 2.24) is 14.9 Å². The van der Waals surface area contributed by atoms with E-state index in [1.54, 1.807) is 26.6 Å². The van der Waals surface area contributed by atoms with Crippen LogP contribution in [-0.2, 0) is 11.0 Å². The molecule has 2 aliphatic carbocycles.